The highest BCUT2D eigenvalue weighted by Gasteiger charge is 2.16. The Morgan fingerprint density at radius 1 is 1.21 bits per heavy atom. The van der Waals surface area contributed by atoms with E-state index in [1.807, 2.05) is 42.8 Å². The van der Waals surface area contributed by atoms with Gasteiger partial charge in [-0.05, 0) is 44.5 Å². The van der Waals surface area contributed by atoms with Crippen molar-refractivity contribution in [2.24, 2.45) is 0 Å². The number of aromatic hydroxyl groups is 1. The SMILES string of the molecule is CCn1nc(Nc2ncc(C(=O)Nc3c(C)ccc(O)c3C)s2)c2ccccc21. The number of phenolic OH excluding ortho intramolecular Hbond substituents is 1. The minimum Gasteiger partial charge on any atom is -0.508 e. The van der Waals surface area contributed by atoms with Crippen molar-refractivity contribution < 1.29 is 9.90 Å². The van der Waals surface area contributed by atoms with Crippen molar-refractivity contribution >= 4 is 44.8 Å². The van der Waals surface area contributed by atoms with E-state index in [-0.39, 0.29) is 11.7 Å². The number of benzene rings is 2. The van der Waals surface area contributed by atoms with Crippen LogP contribution < -0.4 is 10.6 Å². The molecule has 2 aromatic carbocycles. The van der Waals surface area contributed by atoms with Crippen LogP contribution in [0.2, 0.25) is 0 Å². The zero-order chi connectivity index (χ0) is 20.5. The van der Waals surface area contributed by atoms with Crippen LogP contribution in [0.3, 0.4) is 0 Å². The summed E-state index contributed by atoms with van der Waals surface area (Å²) in [7, 11) is 0. The summed E-state index contributed by atoms with van der Waals surface area (Å²) in [5, 5.41) is 22.2. The zero-order valence-electron chi connectivity index (χ0n) is 16.4. The molecule has 29 heavy (non-hydrogen) atoms. The Hall–Kier alpha value is -3.39. The number of nitrogens with one attached hydrogen (secondary N) is 2. The van der Waals surface area contributed by atoms with Crippen LogP contribution in [-0.4, -0.2) is 25.8 Å². The Bertz CT molecular complexity index is 1210. The number of hydrogen-bond acceptors (Lipinski definition) is 6. The largest absolute Gasteiger partial charge is 0.508 e. The third-order valence-corrected chi connectivity index (χ3v) is 5.71. The maximum Gasteiger partial charge on any atom is 0.267 e. The predicted octanol–water partition coefficient (Wildman–Crippen LogP) is 4.83. The normalized spacial score (nSPS) is 11.0. The quantitative estimate of drug-likeness (QED) is 0.441. The van der Waals surface area contributed by atoms with Crippen LogP contribution in [0.4, 0.5) is 16.6 Å². The number of aromatic nitrogens is 3. The van der Waals surface area contributed by atoms with Crippen LogP contribution in [0.1, 0.15) is 27.7 Å². The first-order valence-electron chi connectivity index (χ1n) is 9.27. The van der Waals surface area contributed by atoms with Gasteiger partial charge in [-0.3, -0.25) is 9.48 Å². The minimum absolute atomic E-state index is 0.149. The number of carbonyl (C=O) groups excluding carboxylic acids is 1. The third-order valence-electron chi connectivity index (χ3n) is 4.80. The Labute approximate surface area is 172 Å². The molecule has 7 nitrogen and oxygen atoms in total. The fourth-order valence-electron chi connectivity index (χ4n) is 3.20. The number of anilines is 3. The van der Waals surface area contributed by atoms with E-state index in [0.29, 0.717) is 27.1 Å². The van der Waals surface area contributed by atoms with Gasteiger partial charge >= 0.3 is 0 Å². The lowest BCUT2D eigenvalue weighted by atomic mass is 10.1. The highest BCUT2D eigenvalue weighted by Crippen LogP contribution is 2.31. The fourth-order valence-corrected chi connectivity index (χ4v) is 3.91. The molecule has 4 rings (SSSR count). The maximum absolute atomic E-state index is 12.7. The average molecular weight is 407 g/mol. The minimum atomic E-state index is -0.267. The van der Waals surface area contributed by atoms with E-state index in [0.717, 1.165) is 23.0 Å². The van der Waals surface area contributed by atoms with Gasteiger partial charge in [-0.2, -0.15) is 5.10 Å². The Morgan fingerprint density at radius 2 is 2.00 bits per heavy atom. The van der Waals surface area contributed by atoms with Crippen molar-refractivity contribution in [3.63, 3.8) is 0 Å². The lowest BCUT2D eigenvalue weighted by Gasteiger charge is -2.11. The van der Waals surface area contributed by atoms with Gasteiger partial charge in [-0.15, -0.1) is 0 Å². The summed E-state index contributed by atoms with van der Waals surface area (Å²) in [6.07, 6.45) is 1.54. The molecule has 0 unspecified atom stereocenters. The molecule has 3 N–H and O–H groups in total. The smallest absolute Gasteiger partial charge is 0.267 e. The van der Waals surface area contributed by atoms with E-state index in [1.54, 1.807) is 19.1 Å². The second-order valence-corrected chi connectivity index (χ2v) is 7.72. The molecule has 2 aromatic heterocycles. The molecule has 0 aliphatic rings. The number of nitrogens with zero attached hydrogens (tertiary/aromatic N) is 3. The maximum atomic E-state index is 12.7. The first-order chi connectivity index (χ1) is 14.0. The molecule has 0 fully saturated rings. The van der Waals surface area contributed by atoms with Crippen molar-refractivity contribution in [3.05, 3.63) is 58.6 Å². The fraction of sp³-hybridized carbons (Fsp3) is 0.190. The molecule has 2 heterocycles. The molecule has 0 saturated carbocycles. The van der Waals surface area contributed by atoms with Crippen LogP contribution in [0.5, 0.6) is 5.75 Å². The van der Waals surface area contributed by atoms with Crippen molar-refractivity contribution in [1.29, 1.82) is 0 Å². The van der Waals surface area contributed by atoms with E-state index in [1.165, 1.54) is 17.5 Å². The molecule has 0 saturated heterocycles. The van der Waals surface area contributed by atoms with Crippen molar-refractivity contribution in [2.45, 2.75) is 27.3 Å². The van der Waals surface area contributed by atoms with Crippen molar-refractivity contribution in [1.82, 2.24) is 14.8 Å². The van der Waals surface area contributed by atoms with Gasteiger partial charge in [-0.1, -0.05) is 29.5 Å². The van der Waals surface area contributed by atoms with E-state index in [4.69, 9.17) is 0 Å². The summed E-state index contributed by atoms with van der Waals surface area (Å²) in [4.78, 5) is 17.5. The number of phenols is 1. The lowest BCUT2D eigenvalue weighted by molar-refractivity contribution is 0.103. The van der Waals surface area contributed by atoms with E-state index in [9.17, 15) is 9.90 Å². The van der Waals surface area contributed by atoms with E-state index >= 15 is 0 Å². The molecule has 0 bridgehead atoms. The van der Waals surface area contributed by atoms with Crippen LogP contribution in [0.15, 0.2) is 42.6 Å². The molecular formula is C21H21N5O2S. The van der Waals surface area contributed by atoms with E-state index < -0.39 is 0 Å². The summed E-state index contributed by atoms with van der Waals surface area (Å²) < 4.78 is 1.92. The topological polar surface area (TPSA) is 92.1 Å². The molecule has 8 heteroatoms. The highest BCUT2D eigenvalue weighted by atomic mass is 32.1. The lowest BCUT2D eigenvalue weighted by Crippen LogP contribution is -2.12. The van der Waals surface area contributed by atoms with Gasteiger partial charge in [0.2, 0.25) is 0 Å². The highest BCUT2D eigenvalue weighted by molar-refractivity contribution is 7.17. The second-order valence-electron chi connectivity index (χ2n) is 6.69. The number of hydrogen-bond donors (Lipinski definition) is 3. The molecule has 0 radical (unpaired) electrons. The van der Waals surface area contributed by atoms with Gasteiger partial charge in [0.25, 0.3) is 5.91 Å². The zero-order valence-corrected chi connectivity index (χ0v) is 17.2. The number of aryl methyl sites for hydroxylation is 2. The van der Waals surface area contributed by atoms with Gasteiger partial charge in [0.1, 0.15) is 10.6 Å². The average Bonchev–Trinajstić information content (AvgIpc) is 3.33. The van der Waals surface area contributed by atoms with E-state index in [2.05, 4.69) is 20.7 Å². The first kappa shape index (κ1) is 18.9. The summed E-state index contributed by atoms with van der Waals surface area (Å²) >= 11 is 1.25. The summed E-state index contributed by atoms with van der Waals surface area (Å²) in [6, 6.07) is 11.4. The summed E-state index contributed by atoms with van der Waals surface area (Å²) in [6.45, 7) is 6.46. The Balaban J connectivity index is 1.57. The number of amides is 1. The second kappa shape index (κ2) is 7.56. The van der Waals surface area contributed by atoms with Crippen LogP contribution in [-0.2, 0) is 6.54 Å². The molecule has 148 valence electrons. The molecule has 0 aliphatic carbocycles. The van der Waals surface area contributed by atoms with Crippen LogP contribution in [0, 0.1) is 13.8 Å². The number of para-hydroxylation sites is 1. The number of fused-ring (bicyclic) bond motifs is 1. The predicted molar refractivity (Wildman–Crippen MR) is 116 cm³/mol. The molecular weight excluding hydrogens is 386 g/mol. The molecule has 0 spiro atoms. The molecule has 0 aliphatic heterocycles. The van der Waals surface area contributed by atoms with Gasteiger partial charge in [0.05, 0.1) is 17.4 Å². The van der Waals surface area contributed by atoms with Gasteiger partial charge in [0, 0.05) is 17.5 Å². The van der Waals surface area contributed by atoms with Gasteiger partial charge in [-0.25, -0.2) is 4.98 Å². The molecule has 4 aromatic rings. The summed E-state index contributed by atoms with van der Waals surface area (Å²) in [5.41, 5.74) is 3.18. The standard InChI is InChI=1S/C21H21N5O2S/c1-4-26-15-8-6-5-7-14(15)19(25-26)24-21-22-11-17(29-21)20(28)23-18-12(2)9-10-16(27)13(18)3/h5-11,27H,4H2,1-3H3,(H,23,28)(H,22,24,25). The van der Waals surface area contributed by atoms with Crippen molar-refractivity contribution in [2.75, 3.05) is 10.6 Å². The van der Waals surface area contributed by atoms with Crippen LogP contribution in [0.25, 0.3) is 10.9 Å². The third kappa shape index (κ3) is 3.54. The van der Waals surface area contributed by atoms with Gasteiger partial charge in [0.15, 0.2) is 10.9 Å². The number of carbonyl (C=O) groups is 1. The molecule has 1 amide bonds. The Kier molecular flexibility index (Phi) is 4.94. The number of thiazole rings is 1. The number of rotatable bonds is 5. The molecule has 0 atom stereocenters. The van der Waals surface area contributed by atoms with Gasteiger partial charge < -0.3 is 15.7 Å². The van der Waals surface area contributed by atoms with Crippen molar-refractivity contribution in [3.8, 4) is 5.75 Å². The monoisotopic (exact) mass is 407 g/mol. The first-order valence-corrected chi connectivity index (χ1v) is 10.1. The van der Waals surface area contributed by atoms with Crippen LogP contribution >= 0.6 is 11.3 Å². The summed E-state index contributed by atoms with van der Waals surface area (Å²) in [5.74, 6) is 0.593. The Morgan fingerprint density at radius 3 is 2.79 bits per heavy atom.